The lowest BCUT2D eigenvalue weighted by Gasteiger charge is -2.43. The summed E-state index contributed by atoms with van der Waals surface area (Å²) in [6.07, 6.45) is 3.26. The summed E-state index contributed by atoms with van der Waals surface area (Å²) in [4.78, 5) is 14.6. The summed E-state index contributed by atoms with van der Waals surface area (Å²) in [5, 5.41) is 9.37. The number of hydrogen-bond donors (Lipinski definition) is 1. The van der Waals surface area contributed by atoms with E-state index in [1.54, 1.807) is 11.8 Å². The van der Waals surface area contributed by atoms with Gasteiger partial charge >= 0.3 is 0 Å². The van der Waals surface area contributed by atoms with Crippen LogP contribution in [-0.4, -0.2) is 35.6 Å². The van der Waals surface area contributed by atoms with Crippen molar-refractivity contribution in [3.8, 4) is 0 Å². The van der Waals surface area contributed by atoms with Gasteiger partial charge in [0.1, 0.15) is 0 Å². The van der Waals surface area contributed by atoms with Crippen LogP contribution in [0.15, 0.2) is 24.3 Å². The second kappa shape index (κ2) is 5.96. The summed E-state index contributed by atoms with van der Waals surface area (Å²) in [5.74, 6) is 0.204. The average molecular weight is 275 g/mol. The van der Waals surface area contributed by atoms with Crippen LogP contribution in [0.2, 0.25) is 0 Å². The highest BCUT2D eigenvalue weighted by molar-refractivity contribution is 5.89. The van der Waals surface area contributed by atoms with E-state index in [4.69, 9.17) is 0 Å². The summed E-state index contributed by atoms with van der Waals surface area (Å²) in [5.41, 5.74) is 2.03. The number of carbonyl (C=O) groups excluding carboxylic acids is 1. The topological polar surface area (TPSA) is 40.5 Å². The Balaban J connectivity index is 2.16. The molecule has 0 aliphatic heterocycles. The smallest absolute Gasteiger partial charge is 0.232 e. The molecule has 1 aromatic carbocycles. The molecule has 3 nitrogen and oxygen atoms in total. The first-order chi connectivity index (χ1) is 9.45. The van der Waals surface area contributed by atoms with Crippen LogP contribution >= 0.6 is 0 Å². The van der Waals surface area contributed by atoms with E-state index in [0.717, 1.165) is 24.8 Å². The van der Waals surface area contributed by atoms with E-state index in [1.165, 1.54) is 5.56 Å². The Labute approximate surface area is 121 Å². The Kier molecular flexibility index (Phi) is 4.48. The maximum Gasteiger partial charge on any atom is 0.232 e. The third-order valence-electron chi connectivity index (χ3n) is 4.42. The summed E-state index contributed by atoms with van der Waals surface area (Å²) in [6, 6.07) is 8.32. The zero-order valence-electron chi connectivity index (χ0n) is 12.7. The molecule has 1 amide bonds. The molecule has 1 fully saturated rings. The van der Waals surface area contributed by atoms with E-state index in [9.17, 15) is 9.90 Å². The fraction of sp³-hybridized carbons (Fsp3) is 0.588. The highest BCUT2D eigenvalue weighted by Gasteiger charge is 2.46. The van der Waals surface area contributed by atoms with Gasteiger partial charge in [0.15, 0.2) is 0 Å². The van der Waals surface area contributed by atoms with Crippen molar-refractivity contribution in [1.29, 1.82) is 0 Å². The molecule has 0 bridgehead atoms. The lowest BCUT2D eigenvalue weighted by Crippen LogP contribution is -2.50. The van der Waals surface area contributed by atoms with Gasteiger partial charge < -0.3 is 10.0 Å². The van der Waals surface area contributed by atoms with Crippen LogP contribution in [0.3, 0.4) is 0 Å². The summed E-state index contributed by atoms with van der Waals surface area (Å²) in [7, 11) is 1.85. The number of nitrogens with zero attached hydrogens (tertiary/aromatic N) is 1. The number of hydrogen-bond acceptors (Lipinski definition) is 2. The number of aryl methyl sites for hydroxylation is 1. The summed E-state index contributed by atoms with van der Waals surface area (Å²) < 4.78 is 0. The maximum absolute atomic E-state index is 12.8. The van der Waals surface area contributed by atoms with Gasteiger partial charge in [-0.2, -0.15) is 0 Å². The third-order valence-corrected chi connectivity index (χ3v) is 4.42. The Bertz CT molecular complexity index is 478. The van der Waals surface area contributed by atoms with E-state index >= 15 is 0 Å². The number of aliphatic hydroxyl groups is 1. The average Bonchev–Trinajstić information content (AvgIpc) is 2.34. The second-order valence-corrected chi connectivity index (χ2v) is 6.17. The zero-order chi connectivity index (χ0) is 14.8. The molecule has 2 rings (SSSR count). The number of likely N-dealkylation sites (N-methyl/N-ethyl adjacent to an activating group) is 1. The summed E-state index contributed by atoms with van der Waals surface area (Å²) >= 11 is 0. The van der Waals surface area contributed by atoms with Gasteiger partial charge in [-0.3, -0.25) is 4.79 Å². The van der Waals surface area contributed by atoms with Crippen molar-refractivity contribution >= 4 is 5.91 Å². The van der Waals surface area contributed by atoms with Gasteiger partial charge in [0.05, 0.1) is 11.5 Å². The molecule has 20 heavy (non-hydrogen) atoms. The van der Waals surface area contributed by atoms with Crippen LogP contribution in [-0.2, 0) is 10.2 Å². The molecule has 110 valence electrons. The SMILES string of the molecule is Cc1cccc(C2(C(=O)N(C)CCC(C)O)CCC2)c1. The number of carbonyl (C=O) groups is 1. The molecule has 0 saturated heterocycles. The molecule has 1 saturated carbocycles. The van der Waals surface area contributed by atoms with Gasteiger partial charge in [-0.05, 0) is 38.7 Å². The first-order valence-corrected chi connectivity index (χ1v) is 7.46. The van der Waals surface area contributed by atoms with Crippen LogP contribution in [0, 0.1) is 6.92 Å². The van der Waals surface area contributed by atoms with Crippen molar-refractivity contribution in [1.82, 2.24) is 4.90 Å². The van der Waals surface area contributed by atoms with E-state index in [2.05, 4.69) is 25.1 Å². The van der Waals surface area contributed by atoms with Crippen LogP contribution in [0.1, 0.15) is 43.7 Å². The van der Waals surface area contributed by atoms with Crippen molar-refractivity contribution < 1.29 is 9.90 Å². The Hall–Kier alpha value is -1.35. The van der Waals surface area contributed by atoms with Gasteiger partial charge in [0.25, 0.3) is 0 Å². The van der Waals surface area contributed by atoms with Crippen LogP contribution in [0.4, 0.5) is 0 Å². The highest BCUT2D eigenvalue weighted by Crippen LogP contribution is 2.45. The van der Waals surface area contributed by atoms with Crippen LogP contribution in [0.5, 0.6) is 0 Å². The molecule has 3 heteroatoms. The molecule has 1 aliphatic rings. The largest absolute Gasteiger partial charge is 0.393 e. The molecule has 0 radical (unpaired) electrons. The molecular formula is C17H25NO2. The van der Waals surface area contributed by atoms with Gasteiger partial charge in [0, 0.05) is 13.6 Å². The predicted octanol–water partition coefficient (Wildman–Crippen LogP) is 2.65. The Morgan fingerprint density at radius 2 is 2.15 bits per heavy atom. The minimum absolute atomic E-state index is 0.204. The molecule has 0 spiro atoms. The normalized spacial score (nSPS) is 18.2. The van der Waals surface area contributed by atoms with Gasteiger partial charge in [0.2, 0.25) is 5.91 Å². The third kappa shape index (κ3) is 2.88. The molecule has 0 heterocycles. The fourth-order valence-corrected chi connectivity index (χ4v) is 2.95. The highest BCUT2D eigenvalue weighted by atomic mass is 16.3. The number of benzene rings is 1. The minimum atomic E-state index is -0.360. The molecule has 1 atom stereocenters. The standard InChI is InChI=1S/C17H25NO2/c1-13-6-4-7-15(12-13)17(9-5-10-17)16(20)18(3)11-8-14(2)19/h4,6-7,12,14,19H,5,8-11H2,1-3H3. The molecule has 1 N–H and O–H groups in total. The minimum Gasteiger partial charge on any atom is -0.393 e. The lowest BCUT2D eigenvalue weighted by atomic mass is 9.63. The molecule has 1 aromatic rings. The van der Waals surface area contributed by atoms with Crippen molar-refractivity contribution in [2.45, 2.75) is 51.0 Å². The van der Waals surface area contributed by atoms with Crippen LogP contribution < -0.4 is 0 Å². The summed E-state index contributed by atoms with van der Waals surface area (Å²) in [6.45, 7) is 4.44. The first kappa shape index (κ1) is 15.0. The Morgan fingerprint density at radius 1 is 1.45 bits per heavy atom. The zero-order valence-corrected chi connectivity index (χ0v) is 12.7. The number of amides is 1. The number of aliphatic hydroxyl groups excluding tert-OH is 1. The van der Waals surface area contributed by atoms with E-state index < -0.39 is 0 Å². The van der Waals surface area contributed by atoms with Gasteiger partial charge in [-0.25, -0.2) is 0 Å². The number of rotatable bonds is 5. The monoisotopic (exact) mass is 275 g/mol. The van der Waals surface area contributed by atoms with Crippen LogP contribution in [0.25, 0.3) is 0 Å². The second-order valence-electron chi connectivity index (χ2n) is 6.17. The van der Waals surface area contributed by atoms with Crippen molar-refractivity contribution in [2.75, 3.05) is 13.6 Å². The predicted molar refractivity (Wildman–Crippen MR) is 80.6 cm³/mol. The lowest BCUT2D eigenvalue weighted by molar-refractivity contribution is -0.139. The maximum atomic E-state index is 12.8. The van der Waals surface area contributed by atoms with Crippen molar-refractivity contribution in [2.24, 2.45) is 0 Å². The van der Waals surface area contributed by atoms with Crippen molar-refractivity contribution in [3.05, 3.63) is 35.4 Å². The molecule has 0 aromatic heterocycles. The van der Waals surface area contributed by atoms with E-state index in [-0.39, 0.29) is 17.4 Å². The molecule has 1 aliphatic carbocycles. The van der Waals surface area contributed by atoms with E-state index in [0.29, 0.717) is 13.0 Å². The van der Waals surface area contributed by atoms with Gasteiger partial charge in [-0.15, -0.1) is 0 Å². The quantitative estimate of drug-likeness (QED) is 0.897. The first-order valence-electron chi connectivity index (χ1n) is 7.46. The Morgan fingerprint density at radius 3 is 2.65 bits per heavy atom. The van der Waals surface area contributed by atoms with Crippen molar-refractivity contribution in [3.63, 3.8) is 0 Å². The molecular weight excluding hydrogens is 250 g/mol. The fourth-order valence-electron chi connectivity index (χ4n) is 2.95. The molecule has 1 unspecified atom stereocenters. The van der Waals surface area contributed by atoms with Gasteiger partial charge in [-0.1, -0.05) is 36.2 Å². The van der Waals surface area contributed by atoms with E-state index in [1.807, 2.05) is 13.1 Å².